The fourth-order valence-corrected chi connectivity index (χ4v) is 0. The Bertz CT molecular complexity index is 90.9. The van der Waals surface area contributed by atoms with Gasteiger partial charge in [-0.3, -0.25) is 4.79 Å². The molecule has 0 aromatic rings. The van der Waals surface area contributed by atoms with Crippen LogP contribution in [-0.2, 0) is 9.59 Å². The summed E-state index contributed by atoms with van der Waals surface area (Å²) in [7, 11) is 0. The lowest BCUT2D eigenvalue weighted by molar-refractivity contribution is -0.134. The maximum atomic E-state index is 9.00. The van der Waals surface area contributed by atoms with E-state index in [1.165, 1.54) is 6.92 Å². The third-order valence-electron chi connectivity index (χ3n) is 0. The summed E-state index contributed by atoms with van der Waals surface area (Å²) in [4.78, 5) is 17.0. The Morgan fingerprint density at radius 1 is 1.67 bits per heavy atom. The number of nitriles is 1. The highest BCUT2D eigenvalue weighted by molar-refractivity contribution is 5.62. The molecule has 0 spiro atoms. The molecule has 0 aliphatic heterocycles. The fourth-order valence-electron chi connectivity index (χ4n) is 0. The van der Waals surface area contributed by atoms with Crippen LogP contribution in [0.3, 0.4) is 0 Å². The van der Waals surface area contributed by atoms with E-state index in [-0.39, 0.29) is 0 Å². The van der Waals surface area contributed by atoms with E-state index in [0.717, 1.165) is 6.92 Å². The standard InChI is InChI=1S/C2H3N.C2H4O2.CH2O/c1-2-3;1-2(3)4;1-2/h1H3;1H3,(H,3,4);1H2. The Balaban J connectivity index is -0.0000000646. The van der Waals surface area contributed by atoms with Gasteiger partial charge in [-0.1, -0.05) is 0 Å². The minimum atomic E-state index is -0.833. The molecule has 0 atom stereocenters. The highest BCUT2D eigenvalue weighted by atomic mass is 16.4. The summed E-state index contributed by atoms with van der Waals surface area (Å²) >= 11 is 0. The van der Waals surface area contributed by atoms with Crippen molar-refractivity contribution in [1.82, 2.24) is 0 Å². The van der Waals surface area contributed by atoms with E-state index in [9.17, 15) is 0 Å². The van der Waals surface area contributed by atoms with Gasteiger partial charge in [-0.25, -0.2) is 0 Å². The number of carboxylic acids is 1. The lowest BCUT2D eigenvalue weighted by Gasteiger charge is -1.59. The summed E-state index contributed by atoms with van der Waals surface area (Å²) in [5.74, 6) is -0.833. The van der Waals surface area contributed by atoms with Gasteiger partial charge in [-0.05, 0) is 0 Å². The molecule has 0 bridgehead atoms. The van der Waals surface area contributed by atoms with Crippen molar-refractivity contribution in [2.75, 3.05) is 0 Å². The molecular formula is C5H9NO3. The van der Waals surface area contributed by atoms with Crippen LogP contribution in [0.1, 0.15) is 13.8 Å². The van der Waals surface area contributed by atoms with E-state index in [0.29, 0.717) is 0 Å². The molecule has 0 rings (SSSR count). The van der Waals surface area contributed by atoms with Crippen LogP contribution >= 0.6 is 0 Å². The predicted molar refractivity (Wildman–Crippen MR) is 31.7 cm³/mol. The monoisotopic (exact) mass is 131 g/mol. The van der Waals surface area contributed by atoms with Crippen molar-refractivity contribution < 1.29 is 14.7 Å². The van der Waals surface area contributed by atoms with Crippen LogP contribution in [0.2, 0.25) is 0 Å². The van der Waals surface area contributed by atoms with Gasteiger partial charge in [0, 0.05) is 13.8 Å². The summed E-state index contributed by atoms with van der Waals surface area (Å²) < 4.78 is 0. The van der Waals surface area contributed by atoms with Crippen LogP contribution in [0.5, 0.6) is 0 Å². The molecule has 0 radical (unpaired) electrons. The average molecular weight is 131 g/mol. The molecule has 0 amide bonds. The van der Waals surface area contributed by atoms with Crippen LogP contribution in [0.4, 0.5) is 0 Å². The molecule has 0 saturated carbocycles. The zero-order valence-corrected chi connectivity index (χ0v) is 5.42. The van der Waals surface area contributed by atoms with Gasteiger partial charge in [0.1, 0.15) is 6.79 Å². The zero-order chi connectivity index (χ0) is 8.28. The second kappa shape index (κ2) is 30.4. The minimum Gasteiger partial charge on any atom is -0.481 e. The average Bonchev–Trinajstić information content (AvgIpc) is 1.71. The van der Waals surface area contributed by atoms with Gasteiger partial charge in [0.2, 0.25) is 0 Å². The molecule has 0 unspecified atom stereocenters. The molecular weight excluding hydrogens is 122 g/mol. The number of hydrogen-bond acceptors (Lipinski definition) is 3. The molecule has 0 aromatic carbocycles. The third kappa shape index (κ3) is 75.7. The summed E-state index contributed by atoms with van der Waals surface area (Å²) in [6, 6.07) is 1.75. The quantitative estimate of drug-likeness (QED) is 0.517. The molecule has 0 aliphatic rings. The number of hydrogen-bond donors (Lipinski definition) is 1. The van der Waals surface area contributed by atoms with E-state index < -0.39 is 5.97 Å². The SMILES string of the molecule is C=O.CC#N.CC(=O)O. The Morgan fingerprint density at radius 2 is 1.67 bits per heavy atom. The molecule has 0 fully saturated rings. The first-order chi connectivity index (χ1) is 4.15. The summed E-state index contributed by atoms with van der Waals surface area (Å²) in [6.45, 7) is 4.51. The zero-order valence-electron chi connectivity index (χ0n) is 5.42. The number of carboxylic acid groups (broad SMARTS) is 1. The Morgan fingerprint density at radius 3 is 1.67 bits per heavy atom. The van der Waals surface area contributed by atoms with Crippen LogP contribution < -0.4 is 0 Å². The largest absolute Gasteiger partial charge is 0.481 e. The number of rotatable bonds is 0. The minimum absolute atomic E-state index is 0.833. The van der Waals surface area contributed by atoms with Crippen molar-refractivity contribution >= 4 is 12.8 Å². The number of carbonyl (C=O) groups is 2. The lowest BCUT2D eigenvalue weighted by Crippen LogP contribution is -1.78. The van der Waals surface area contributed by atoms with E-state index in [1.54, 1.807) is 6.07 Å². The smallest absolute Gasteiger partial charge is 0.300 e. The molecule has 9 heavy (non-hydrogen) atoms. The second-order valence-corrected chi connectivity index (χ2v) is 0.743. The van der Waals surface area contributed by atoms with Gasteiger partial charge >= 0.3 is 0 Å². The molecule has 4 nitrogen and oxygen atoms in total. The predicted octanol–water partition coefficient (Wildman–Crippen LogP) is 0.436. The number of nitrogens with zero attached hydrogens (tertiary/aromatic N) is 1. The molecule has 4 heteroatoms. The summed E-state index contributed by atoms with van der Waals surface area (Å²) in [5, 5.41) is 14.7. The Labute approximate surface area is 53.7 Å². The van der Waals surface area contributed by atoms with E-state index >= 15 is 0 Å². The van der Waals surface area contributed by atoms with Crippen molar-refractivity contribution in [3.8, 4) is 6.07 Å². The first-order valence-corrected chi connectivity index (χ1v) is 1.94. The van der Waals surface area contributed by atoms with Crippen molar-refractivity contribution in [3.63, 3.8) is 0 Å². The Hall–Kier alpha value is -1.37. The molecule has 0 aliphatic carbocycles. The van der Waals surface area contributed by atoms with Crippen molar-refractivity contribution in [3.05, 3.63) is 0 Å². The van der Waals surface area contributed by atoms with Gasteiger partial charge in [-0.2, -0.15) is 5.26 Å². The van der Waals surface area contributed by atoms with Crippen LogP contribution in [0.15, 0.2) is 0 Å². The number of aliphatic carboxylic acids is 1. The molecule has 0 saturated heterocycles. The topological polar surface area (TPSA) is 78.2 Å². The van der Waals surface area contributed by atoms with Gasteiger partial charge in [-0.15, -0.1) is 0 Å². The molecule has 0 aromatic heterocycles. The summed E-state index contributed by atoms with van der Waals surface area (Å²) in [5.41, 5.74) is 0. The van der Waals surface area contributed by atoms with Gasteiger partial charge in [0.25, 0.3) is 5.97 Å². The number of carbonyl (C=O) groups excluding carboxylic acids is 1. The first kappa shape index (κ1) is 15.6. The van der Waals surface area contributed by atoms with Gasteiger partial charge < -0.3 is 9.90 Å². The fraction of sp³-hybridized carbons (Fsp3) is 0.400. The van der Waals surface area contributed by atoms with Crippen LogP contribution in [0.25, 0.3) is 0 Å². The maximum Gasteiger partial charge on any atom is 0.300 e. The van der Waals surface area contributed by atoms with Crippen molar-refractivity contribution in [2.45, 2.75) is 13.8 Å². The summed E-state index contributed by atoms with van der Waals surface area (Å²) in [6.07, 6.45) is 0. The lowest BCUT2D eigenvalue weighted by atomic mass is 10.9. The second-order valence-electron chi connectivity index (χ2n) is 0.743. The van der Waals surface area contributed by atoms with E-state index in [2.05, 4.69) is 0 Å². The maximum absolute atomic E-state index is 9.00. The van der Waals surface area contributed by atoms with Crippen molar-refractivity contribution in [2.24, 2.45) is 0 Å². The highest BCUT2D eigenvalue weighted by Crippen LogP contribution is 1.42. The Kier molecular flexibility index (Phi) is 52.8. The molecule has 0 heterocycles. The third-order valence-corrected chi connectivity index (χ3v) is 0. The molecule has 52 valence electrons. The van der Waals surface area contributed by atoms with E-state index in [4.69, 9.17) is 20.0 Å². The first-order valence-electron chi connectivity index (χ1n) is 1.94. The normalized spacial score (nSPS) is 4.11. The van der Waals surface area contributed by atoms with Crippen LogP contribution in [-0.4, -0.2) is 17.9 Å². The van der Waals surface area contributed by atoms with Crippen molar-refractivity contribution in [1.29, 1.82) is 5.26 Å². The highest BCUT2D eigenvalue weighted by Gasteiger charge is 1.65. The van der Waals surface area contributed by atoms with Gasteiger partial charge in [0.05, 0.1) is 6.07 Å². The van der Waals surface area contributed by atoms with E-state index in [1.807, 2.05) is 6.79 Å². The van der Waals surface area contributed by atoms with Gasteiger partial charge in [0.15, 0.2) is 0 Å². The molecule has 1 N–H and O–H groups in total. The van der Waals surface area contributed by atoms with Crippen LogP contribution in [0, 0.1) is 11.3 Å².